The number of carbonyl (C=O) groups excluding carboxylic acids is 1. The number of nitrogens with one attached hydrogen (secondary N) is 2. The topological polar surface area (TPSA) is 59.6 Å². The van der Waals surface area contributed by atoms with Crippen molar-refractivity contribution in [2.45, 2.75) is 71.1 Å². The molecule has 1 fully saturated rings. The minimum absolute atomic E-state index is 0.211. The van der Waals surface area contributed by atoms with Crippen LogP contribution in [0.25, 0.3) is 0 Å². The van der Waals surface area contributed by atoms with Crippen LogP contribution in [0.5, 0.6) is 0 Å². The quantitative estimate of drug-likeness (QED) is 0.736. The molecule has 5 heteroatoms. The third-order valence-electron chi connectivity index (χ3n) is 3.28. The molecule has 0 aromatic heterocycles. The van der Waals surface area contributed by atoms with Crippen molar-refractivity contribution in [3.05, 3.63) is 0 Å². The van der Waals surface area contributed by atoms with Gasteiger partial charge in [0.05, 0.1) is 6.61 Å². The van der Waals surface area contributed by atoms with E-state index in [9.17, 15) is 4.79 Å². The number of amides is 1. The fourth-order valence-electron chi connectivity index (χ4n) is 2.46. The van der Waals surface area contributed by atoms with Crippen LogP contribution in [0.15, 0.2) is 0 Å². The van der Waals surface area contributed by atoms with Crippen molar-refractivity contribution in [3.8, 4) is 0 Å². The van der Waals surface area contributed by atoms with Crippen LogP contribution in [0.3, 0.4) is 0 Å². The van der Waals surface area contributed by atoms with Gasteiger partial charge in [-0.25, -0.2) is 4.79 Å². The number of alkyl carbamates (subject to hydrolysis) is 1. The summed E-state index contributed by atoms with van der Waals surface area (Å²) in [6.07, 6.45) is 3.98. The predicted octanol–water partition coefficient (Wildman–Crippen LogP) is 2.45. The number of hydrogen-bond acceptors (Lipinski definition) is 4. The van der Waals surface area contributed by atoms with Crippen LogP contribution in [-0.4, -0.2) is 43.5 Å². The highest BCUT2D eigenvalue weighted by Gasteiger charge is 2.25. The van der Waals surface area contributed by atoms with Gasteiger partial charge >= 0.3 is 6.09 Å². The molecule has 0 bridgehead atoms. The Bertz CT molecular complexity index is 289. The molecule has 0 aromatic rings. The lowest BCUT2D eigenvalue weighted by Crippen LogP contribution is -2.46. The second kappa shape index (κ2) is 8.47. The zero-order valence-corrected chi connectivity index (χ0v) is 13.3. The van der Waals surface area contributed by atoms with Gasteiger partial charge in [-0.2, -0.15) is 0 Å². The maximum absolute atomic E-state index is 11.8. The summed E-state index contributed by atoms with van der Waals surface area (Å²) in [5.74, 6) is 0. The molecular weight excluding hydrogens is 256 g/mol. The summed E-state index contributed by atoms with van der Waals surface area (Å²) in [6.45, 7) is 10.0. The Morgan fingerprint density at radius 1 is 1.25 bits per heavy atom. The van der Waals surface area contributed by atoms with E-state index in [1.807, 2.05) is 27.7 Å². The van der Waals surface area contributed by atoms with Crippen LogP contribution in [0.2, 0.25) is 0 Å². The van der Waals surface area contributed by atoms with E-state index in [-0.39, 0.29) is 12.1 Å². The Morgan fingerprint density at radius 3 is 2.60 bits per heavy atom. The van der Waals surface area contributed by atoms with Gasteiger partial charge in [0.2, 0.25) is 0 Å². The van der Waals surface area contributed by atoms with Crippen LogP contribution in [-0.2, 0) is 9.47 Å². The van der Waals surface area contributed by atoms with Gasteiger partial charge in [-0.1, -0.05) is 0 Å². The Morgan fingerprint density at radius 2 is 1.95 bits per heavy atom. The van der Waals surface area contributed by atoms with Gasteiger partial charge in [0, 0.05) is 25.2 Å². The van der Waals surface area contributed by atoms with E-state index in [1.165, 1.54) is 6.42 Å². The highest BCUT2D eigenvalue weighted by Crippen LogP contribution is 2.19. The summed E-state index contributed by atoms with van der Waals surface area (Å²) >= 11 is 0. The highest BCUT2D eigenvalue weighted by molar-refractivity contribution is 5.68. The van der Waals surface area contributed by atoms with Crippen molar-refractivity contribution in [2.24, 2.45) is 0 Å². The minimum Gasteiger partial charge on any atom is -0.444 e. The van der Waals surface area contributed by atoms with Crippen LogP contribution in [0.4, 0.5) is 4.79 Å². The van der Waals surface area contributed by atoms with E-state index in [2.05, 4.69) is 10.6 Å². The Kier molecular flexibility index (Phi) is 7.30. The monoisotopic (exact) mass is 286 g/mol. The summed E-state index contributed by atoms with van der Waals surface area (Å²) in [5, 5.41) is 6.47. The Labute approximate surface area is 122 Å². The Balaban J connectivity index is 2.24. The first-order chi connectivity index (χ1) is 9.40. The zero-order valence-electron chi connectivity index (χ0n) is 13.3. The van der Waals surface area contributed by atoms with Crippen molar-refractivity contribution in [3.63, 3.8) is 0 Å². The first kappa shape index (κ1) is 17.2. The lowest BCUT2D eigenvalue weighted by molar-refractivity contribution is 0.0487. The van der Waals surface area contributed by atoms with Gasteiger partial charge in [0.1, 0.15) is 5.60 Å². The molecule has 0 radical (unpaired) electrons. The fourth-order valence-corrected chi connectivity index (χ4v) is 2.46. The molecule has 20 heavy (non-hydrogen) atoms. The van der Waals surface area contributed by atoms with Crippen molar-refractivity contribution >= 4 is 6.09 Å². The smallest absolute Gasteiger partial charge is 0.407 e. The molecule has 2 unspecified atom stereocenters. The van der Waals surface area contributed by atoms with Gasteiger partial charge in [0.15, 0.2) is 0 Å². The Hall–Kier alpha value is -0.810. The van der Waals surface area contributed by atoms with E-state index in [1.54, 1.807) is 0 Å². The number of carbonyl (C=O) groups is 1. The maximum Gasteiger partial charge on any atom is 0.407 e. The molecule has 1 saturated carbocycles. The predicted molar refractivity (Wildman–Crippen MR) is 79.9 cm³/mol. The molecule has 1 amide bonds. The summed E-state index contributed by atoms with van der Waals surface area (Å²) in [5.41, 5.74) is -0.437. The summed E-state index contributed by atoms with van der Waals surface area (Å²) < 4.78 is 10.6. The van der Waals surface area contributed by atoms with E-state index in [0.29, 0.717) is 6.04 Å². The second-order valence-electron chi connectivity index (χ2n) is 6.36. The van der Waals surface area contributed by atoms with Crippen LogP contribution < -0.4 is 10.6 Å². The summed E-state index contributed by atoms with van der Waals surface area (Å²) in [4.78, 5) is 11.8. The third-order valence-corrected chi connectivity index (χ3v) is 3.28. The SMILES string of the molecule is CCOCCNC1CCCC(NC(=O)OC(C)(C)C)C1. The maximum atomic E-state index is 11.8. The van der Waals surface area contributed by atoms with Gasteiger partial charge in [-0.05, 0) is 53.4 Å². The van der Waals surface area contributed by atoms with E-state index >= 15 is 0 Å². The molecular formula is C15H30N2O3. The van der Waals surface area contributed by atoms with Gasteiger partial charge in [-0.3, -0.25) is 0 Å². The summed E-state index contributed by atoms with van der Waals surface area (Å²) in [6, 6.07) is 0.673. The highest BCUT2D eigenvalue weighted by atomic mass is 16.6. The first-order valence-electron chi connectivity index (χ1n) is 7.71. The van der Waals surface area contributed by atoms with Crippen molar-refractivity contribution in [1.29, 1.82) is 0 Å². The average molecular weight is 286 g/mol. The zero-order chi connectivity index (χ0) is 15.0. The molecule has 1 aliphatic rings. The van der Waals surface area contributed by atoms with Crippen LogP contribution in [0.1, 0.15) is 53.4 Å². The van der Waals surface area contributed by atoms with Gasteiger partial charge in [-0.15, -0.1) is 0 Å². The second-order valence-corrected chi connectivity index (χ2v) is 6.36. The number of hydrogen-bond donors (Lipinski definition) is 2. The molecule has 1 rings (SSSR count). The third kappa shape index (κ3) is 7.70. The van der Waals surface area contributed by atoms with Gasteiger partial charge in [0.25, 0.3) is 0 Å². The molecule has 2 atom stereocenters. The lowest BCUT2D eigenvalue weighted by atomic mass is 9.91. The van der Waals surface area contributed by atoms with Crippen LogP contribution in [0, 0.1) is 0 Å². The van der Waals surface area contributed by atoms with E-state index < -0.39 is 5.60 Å². The minimum atomic E-state index is -0.437. The van der Waals surface area contributed by atoms with Crippen molar-refractivity contribution in [2.75, 3.05) is 19.8 Å². The normalized spacial score (nSPS) is 23.4. The molecule has 0 spiro atoms. The molecule has 0 heterocycles. The largest absolute Gasteiger partial charge is 0.444 e. The fraction of sp³-hybridized carbons (Fsp3) is 0.933. The van der Waals surface area contributed by atoms with E-state index in [0.717, 1.165) is 39.0 Å². The molecule has 2 N–H and O–H groups in total. The van der Waals surface area contributed by atoms with E-state index in [4.69, 9.17) is 9.47 Å². The summed E-state index contributed by atoms with van der Waals surface area (Å²) in [7, 11) is 0. The molecule has 1 aliphatic carbocycles. The van der Waals surface area contributed by atoms with Gasteiger partial charge < -0.3 is 20.1 Å². The first-order valence-corrected chi connectivity index (χ1v) is 7.71. The molecule has 5 nitrogen and oxygen atoms in total. The van der Waals surface area contributed by atoms with Crippen molar-refractivity contribution in [1.82, 2.24) is 10.6 Å². The lowest BCUT2D eigenvalue weighted by Gasteiger charge is -2.31. The van der Waals surface area contributed by atoms with Crippen LogP contribution >= 0.6 is 0 Å². The molecule has 118 valence electrons. The molecule has 0 saturated heterocycles. The van der Waals surface area contributed by atoms with Crippen molar-refractivity contribution < 1.29 is 14.3 Å². The molecule has 0 aliphatic heterocycles. The number of ether oxygens (including phenoxy) is 2. The average Bonchev–Trinajstić information content (AvgIpc) is 2.32. The standard InChI is InChI=1S/C15H30N2O3/c1-5-19-10-9-16-12-7-6-8-13(11-12)17-14(18)20-15(2,3)4/h12-13,16H,5-11H2,1-4H3,(H,17,18). The molecule has 0 aromatic carbocycles. The number of rotatable bonds is 6.